The topological polar surface area (TPSA) is 50.4 Å². The molecule has 0 atom stereocenters. The lowest BCUT2D eigenvalue weighted by atomic mass is 10.0. The van der Waals surface area contributed by atoms with Gasteiger partial charge in [0.25, 0.3) is 0 Å². The van der Waals surface area contributed by atoms with E-state index in [1.807, 2.05) is 6.07 Å². The number of nitrogens with two attached hydrogens (primary N) is 1. The summed E-state index contributed by atoms with van der Waals surface area (Å²) in [7, 11) is 0. The molecule has 25 heavy (non-hydrogen) atoms. The van der Waals surface area contributed by atoms with E-state index in [-0.39, 0.29) is 5.96 Å². The number of halogens is 3. The first kappa shape index (κ1) is 16.5. The quantitative estimate of drug-likeness (QED) is 0.322. The first-order valence-electron chi connectivity index (χ1n) is 7.82. The average Bonchev–Trinajstić information content (AvgIpc) is 3.01. The van der Waals surface area contributed by atoms with Gasteiger partial charge in [0.1, 0.15) is 0 Å². The van der Waals surface area contributed by atoms with Crippen molar-refractivity contribution >= 4 is 62.9 Å². The van der Waals surface area contributed by atoms with Crippen LogP contribution in [-0.4, -0.2) is 5.96 Å². The predicted molar refractivity (Wildman–Crippen MR) is 108 cm³/mol. The second kappa shape index (κ2) is 6.41. The Hall–Kier alpha value is -1.94. The summed E-state index contributed by atoms with van der Waals surface area (Å²) in [5, 5.41) is 6.60. The molecule has 0 aromatic heterocycles. The van der Waals surface area contributed by atoms with Crippen LogP contribution in [0.2, 0.25) is 15.1 Å². The predicted octanol–water partition coefficient (Wildman–Crippen LogP) is 5.96. The van der Waals surface area contributed by atoms with Crippen molar-refractivity contribution in [3.8, 4) is 0 Å². The lowest BCUT2D eigenvalue weighted by Crippen LogP contribution is -2.22. The SMILES string of the molecule is NC(=Nc1ccc2cccc3c2c1CC3)Nc1cc(Cl)c(Cl)c(Cl)c1. The highest BCUT2D eigenvalue weighted by atomic mass is 35.5. The molecule has 1 aliphatic rings. The number of nitrogens with one attached hydrogen (secondary N) is 1. The Morgan fingerprint density at radius 2 is 1.76 bits per heavy atom. The molecule has 3 N–H and O–H groups in total. The minimum absolute atomic E-state index is 0.273. The molecule has 3 nitrogen and oxygen atoms in total. The summed E-state index contributed by atoms with van der Waals surface area (Å²) < 4.78 is 0. The zero-order valence-electron chi connectivity index (χ0n) is 13.1. The van der Waals surface area contributed by atoms with Crippen molar-refractivity contribution in [2.24, 2.45) is 10.7 Å². The Morgan fingerprint density at radius 3 is 2.52 bits per heavy atom. The van der Waals surface area contributed by atoms with Gasteiger partial charge in [0.05, 0.1) is 20.8 Å². The molecule has 6 heteroatoms. The van der Waals surface area contributed by atoms with Crippen molar-refractivity contribution in [2.75, 3.05) is 5.32 Å². The number of aryl methyl sites for hydroxylation is 2. The molecule has 0 bridgehead atoms. The minimum atomic E-state index is 0.273. The van der Waals surface area contributed by atoms with Gasteiger partial charge in [0.15, 0.2) is 5.96 Å². The van der Waals surface area contributed by atoms with Gasteiger partial charge in [-0.3, -0.25) is 0 Å². The smallest absolute Gasteiger partial charge is 0.198 e. The Balaban J connectivity index is 1.69. The summed E-state index contributed by atoms with van der Waals surface area (Å²) in [4.78, 5) is 4.55. The monoisotopic (exact) mass is 389 g/mol. The van der Waals surface area contributed by atoms with Crippen LogP contribution < -0.4 is 11.1 Å². The molecule has 126 valence electrons. The summed E-state index contributed by atoms with van der Waals surface area (Å²) in [5.74, 6) is 0.273. The van der Waals surface area contributed by atoms with E-state index >= 15 is 0 Å². The second-order valence-electron chi connectivity index (χ2n) is 5.95. The normalized spacial score (nSPS) is 13.5. The number of nitrogens with zero attached hydrogens (tertiary/aromatic N) is 1. The summed E-state index contributed by atoms with van der Waals surface area (Å²) in [6.45, 7) is 0. The van der Waals surface area contributed by atoms with Crippen molar-refractivity contribution in [2.45, 2.75) is 12.8 Å². The zero-order valence-corrected chi connectivity index (χ0v) is 15.4. The number of aliphatic imine (C=N–C) groups is 1. The average molecular weight is 391 g/mol. The van der Waals surface area contributed by atoms with E-state index in [9.17, 15) is 0 Å². The fourth-order valence-electron chi connectivity index (χ4n) is 3.28. The van der Waals surface area contributed by atoms with Gasteiger partial charge in [0, 0.05) is 5.69 Å². The first-order chi connectivity index (χ1) is 12.0. The number of benzene rings is 3. The molecule has 0 fully saturated rings. The molecule has 0 heterocycles. The van der Waals surface area contributed by atoms with Gasteiger partial charge >= 0.3 is 0 Å². The molecule has 4 rings (SSSR count). The van der Waals surface area contributed by atoms with Crippen molar-refractivity contribution < 1.29 is 0 Å². The molecule has 3 aromatic carbocycles. The summed E-state index contributed by atoms with van der Waals surface area (Å²) in [6.07, 6.45) is 2.01. The maximum absolute atomic E-state index is 6.08. The Kier molecular flexibility index (Phi) is 4.24. The summed E-state index contributed by atoms with van der Waals surface area (Å²) in [6, 6.07) is 13.8. The zero-order chi connectivity index (χ0) is 17.6. The van der Waals surface area contributed by atoms with Gasteiger partial charge in [-0.15, -0.1) is 0 Å². The van der Waals surface area contributed by atoms with Crippen molar-refractivity contribution in [1.29, 1.82) is 0 Å². The third-order valence-corrected chi connectivity index (χ3v) is 5.55. The van der Waals surface area contributed by atoms with Crippen LogP contribution in [0, 0.1) is 0 Å². The Bertz CT molecular complexity index is 1000. The fourth-order valence-corrected chi connectivity index (χ4v) is 3.88. The van der Waals surface area contributed by atoms with Gasteiger partial charge < -0.3 is 11.1 Å². The summed E-state index contributed by atoms with van der Waals surface area (Å²) in [5.41, 5.74) is 10.2. The molecule has 0 amide bonds. The van der Waals surface area contributed by atoms with E-state index in [1.54, 1.807) is 12.1 Å². The third-order valence-electron chi connectivity index (χ3n) is 4.36. The van der Waals surface area contributed by atoms with E-state index in [0.717, 1.165) is 18.5 Å². The van der Waals surface area contributed by atoms with Crippen LogP contribution in [0.3, 0.4) is 0 Å². The van der Waals surface area contributed by atoms with E-state index in [4.69, 9.17) is 40.5 Å². The van der Waals surface area contributed by atoms with Gasteiger partial charge in [-0.1, -0.05) is 59.1 Å². The highest BCUT2D eigenvalue weighted by molar-refractivity contribution is 6.48. The highest BCUT2D eigenvalue weighted by Crippen LogP contribution is 2.37. The van der Waals surface area contributed by atoms with Crippen LogP contribution >= 0.6 is 34.8 Å². The lowest BCUT2D eigenvalue weighted by Gasteiger charge is -2.10. The summed E-state index contributed by atoms with van der Waals surface area (Å²) >= 11 is 18.1. The second-order valence-corrected chi connectivity index (χ2v) is 7.15. The van der Waals surface area contributed by atoms with Gasteiger partial charge in [0.2, 0.25) is 0 Å². The van der Waals surface area contributed by atoms with E-state index in [1.165, 1.54) is 21.9 Å². The molecule has 0 saturated carbocycles. The molecular weight excluding hydrogens is 377 g/mol. The van der Waals surface area contributed by atoms with Gasteiger partial charge in [-0.25, -0.2) is 4.99 Å². The molecular formula is C19H14Cl3N3. The number of anilines is 1. The largest absolute Gasteiger partial charge is 0.369 e. The van der Waals surface area contributed by atoms with E-state index in [0.29, 0.717) is 20.8 Å². The maximum Gasteiger partial charge on any atom is 0.198 e. The van der Waals surface area contributed by atoms with Crippen LogP contribution in [-0.2, 0) is 12.8 Å². The number of guanidine groups is 1. The Labute approximate surface area is 160 Å². The minimum Gasteiger partial charge on any atom is -0.369 e. The third kappa shape index (κ3) is 3.04. The number of rotatable bonds is 2. The molecule has 0 radical (unpaired) electrons. The number of hydrogen-bond acceptors (Lipinski definition) is 1. The molecule has 0 aliphatic heterocycles. The van der Waals surface area contributed by atoms with Crippen molar-refractivity contribution in [1.82, 2.24) is 0 Å². The van der Waals surface area contributed by atoms with Crippen molar-refractivity contribution in [3.05, 3.63) is 68.7 Å². The van der Waals surface area contributed by atoms with Gasteiger partial charge in [-0.05, 0) is 52.9 Å². The maximum atomic E-state index is 6.08. The van der Waals surface area contributed by atoms with Crippen LogP contribution in [0.15, 0.2) is 47.5 Å². The van der Waals surface area contributed by atoms with E-state index < -0.39 is 0 Å². The fraction of sp³-hybridized carbons (Fsp3) is 0.105. The number of hydrogen-bond donors (Lipinski definition) is 2. The van der Waals surface area contributed by atoms with Crippen molar-refractivity contribution in [3.63, 3.8) is 0 Å². The van der Waals surface area contributed by atoms with Gasteiger partial charge in [-0.2, -0.15) is 0 Å². The first-order valence-corrected chi connectivity index (χ1v) is 8.95. The van der Waals surface area contributed by atoms with Crippen LogP contribution in [0.5, 0.6) is 0 Å². The molecule has 1 aliphatic carbocycles. The Morgan fingerprint density at radius 1 is 1.00 bits per heavy atom. The van der Waals surface area contributed by atoms with Crippen LogP contribution in [0.4, 0.5) is 11.4 Å². The molecule has 0 spiro atoms. The highest BCUT2D eigenvalue weighted by Gasteiger charge is 2.17. The molecule has 0 saturated heterocycles. The van der Waals surface area contributed by atoms with E-state index in [2.05, 4.69) is 34.6 Å². The molecule has 0 unspecified atom stereocenters. The van der Waals surface area contributed by atoms with Crippen LogP contribution in [0.25, 0.3) is 10.8 Å². The van der Waals surface area contributed by atoms with Crippen LogP contribution in [0.1, 0.15) is 11.1 Å². The lowest BCUT2D eigenvalue weighted by molar-refractivity contribution is 1.02. The molecule has 3 aromatic rings. The standard InChI is InChI=1S/C19H14Cl3N3/c20-14-8-12(9-15(21)18(14)22)24-19(23)25-16-7-5-11-3-1-2-10-4-6-13(16)17(10)11/h1-3,5,7-9H,4,6H2,(H3,23,24,25).